The van der Waals surface area contributed by atoms with Crippen molar-refractivity contribution in [2.24, 2.45) is 0 Å². The third-order valence-corrected chi connectivity index (χ3v) is 3.34. The molecule has 1 N–H and O–H groups in total. The molecule has 0 spiro atoms. The Morgan fingerprint density at radius 2 is 2.00 bits per heavy atom. The van der Waals surface area contributed by atoms with Gasteiger partial charge in [-0.1, -0.05) is 29.8 Å². The lowest BCUT2D eigenvalue weighted by atomic mass is 10.1. The highest BCUT2D eigenvalue weighted by Gasteiger charge is 2.12. The van der Waals surface area contributed by atoms with E-state index < -0.39 is 4.92 Å². The van der Waals surface area contributed by atoms with Crippen molar-refractivity contribution < 1.29 is 9.31 Å². The van der Waals surface area contributed by atoms with Gasteiger partial charge in [0, 0.05) is 12.6 Å². The molecular weight excluding hydrogens is 295 g/mol. The van der Waals surface area contributed by atoms with Crippen molar-refractivity contribution in [3.63, 3.8) is 0 Å². The molecule has 6 heteroatoms. The molecule has 21 heavy (non-hydrogen) atoms. The Bertz CT molecular complexity index is 649. The molecule has 110 valence electrons. The summed E-state index contributed by atoms with van der Waals surface area (Å²) in [5, 5.41) is 14.1. The summed E-state index contributed by atoms with van der Waals surface area (Å²) in [6, 6.07) is 11.1. The molecule has 2 aromatic carbocycles. The van der Waals surface area contributed by atoms with E-state index in [1.807, 2.05) is 6.07 Å². The lowest BCUT2D eigenvalue weighted by molar-refractivity contribution is -0.384. The first-order valence-corrected chi connectivity index (χ1v) is 6.82. The summed E-state index contributed by atoms with van der Waals surface area (Å²) in [6.45, 7) is 1.15. The van der Waals surface area contributed by atoms with Gasteiger partial charge in [-0.15, -0.1) is 0 Å². The summed E-state index contributed by atoms with van der Waals surface area (Å²) >= 11 is 5.75. The average Bonchev–Trinajstić information content (AvgIpc) is 2.45. The van der Waals surface area contributed by atoms with Gasteiger partial charge in [0.05, 0.1) is 4.92 Å². The van der Waals surface area contributed by atoms with E-state index >= 15 is 0 Å². The minimum Gasteiger partial charge on any atom is -0.312 e. The highest BCUT2D eigenvalue weighted by Crippen LogP contribution is 2.24. The molecule has 0 aliphatic rings. The minimum absolute atomic E-state index is 0.0962. The van der Waals surface area contributed by atoms with Crippen molar-refractivity contribution in [2.45, 2.75) is 13.0 Å². The van der Waals surface area contributed by atoms with Gasteiger partial charge in [-0.25, -0.2) is 4.39 Å². The molecule has 0 saturated carbocycles. The summed E-state index contributed by atoms with van der Waals surface area (Å²) in [6.07, 6.45) is 0.688. The number of rotatable bonds is 6. The molecule has 2 aromatic rings. The fourth-order valence-corrected chi connectivity index (χ4v) is 2.15. The van der Waals surface area contributed by atoms with Crippen LogP contribution in [0.4, 0.5) is 10.1 Å². The van der Waals surface area contributed by atoms with Crippen LogP contribution >= 0.6 is 11.6 Å². The Morgan fingerprint density at radius 1 is 1.19 bits per heavy atom. The monoisotopic (exact) mass is 308 g/mol. The number of nitrogens with zero attached hydrogens (tertiary/aromatic N) is 1. The van der Waals surface area contributed by atoms with Crippen LogP contribution in [0.1, 0.15) is 11.1 Å². The predicted octanol–water partition coefficient (Wildman–Crippen LogP) is 3.72. The van der Waals surface area contributed by atoms with E-state index in [0.29, 0.717) is 19.5 Å². The van der Waals surface area contributed by atoms with Gasteiger partial charge in [-0.05, 0) is 42.3 Å². The zero-order valence-electron chi connectivity index (χ0n) is 11.2. The Kier molecular flexibility index (Phi) is 5.25. The van der Waals surface area contributed by atoms with Crippen LogP contribution < -0.4 is 5.32 Å². The fraction of sp³-hybridized carbons (Fsp3) is 0.200. The number of hydrogen-bond acceptors (Lipinski definition) is 3. The molecule has 0 aliphatic heterocycles. The molecular formula is C15H14ClFN2O2. The number of benzene rings is 2. The lowest BCUT2D eigenvalue weighted by Crippen LogP contribution is -2.16. The maximum absolute atomic E-state index is 13.0. The van der Waals surface area contributed by atoms with Gasteiger partial charge in [0.1, 0.15) is 10.8 Å². The highest BCUT2D eigenvalue weighted by molar-refractivity contribution is 6.32. The number of nitro benzene ring substituents is 1. The lowest BCUT2D eigenvalue weighted by Gasteiger charge is -2.06. The molecule has 0 radical (unpaired) electrons. The van der Waals surface area contributed by atoms with Crippen molar-refractivity contribution >= 4 is 17.3 Å². The van der Waals surface area contributed by atoms with Crippen molar-refractivity contribution in [2.75, 3.05) is 6.54 Å². The van der Waals surface area contributed by atoms with Gasteiger partial charge in [0.2, 0.25) is 0 Å². The van der Waals surface area contributed by atoms with E-state index in [0.717, 1.165) is 11.1 Å². The third kappa shape index (κ3) is 4.51. The van der Waals surface area contributed by atoms with Gasteiger partial charge in [-0.2, -0.15) is 0 Å². The molecule has 0 aromatic heterocycles. The largest absolute Gasteiger partial charge is 0.312 e. The molecule has 0 atom stereocenters. The smallest absolute Gasteiger partial charge is 0.288 e. The first kappa shape index (κ1) is 15.4. The van der Waals surface area contributed by atoms with Crippen LogP contribution in [-0.2, 0) is 13.0 Å². The zero-order chi connectivity index (χ0) is 15.2. The second kappa shape index (κ2) is 7.15. The van der Waals surface area contributed by atoms with E-state index in [1.54, 1.807) is 12.1 Å². The van der Waals surface area contributed by atoms with E-state index in [9.17, 15) is 14.5 Å². The Morgan fingerprint density at radius 3 is 2.71 bits per heavy atom. The molecule has 0 fully saturated rings. The topological polar surface area (TPSA) is 55.2 Å². The van der Waals surface area contributed by atoms with Crippen LogP contribution in [0.2, 0.25) is 5.02 Å². The minimum atomic E-state index is -0.501. The van der Waals surface area contributed by atoms with E-state index in [1.165, 1.54) is 24.3 Å². The van der Waals surface area contributed by atoms with E-state index in [4.69, 9.17) is 11.6 Å². The van der Waals surface area contributed by atoms with Crippen LogP contribution in [0.25, 0.3) is 0 Å². The second-order valence-corrected chi connectivity index (χ2v) is 5.01. The summed E-state index contributed by atoms with van der Waals surface area (Å²) in [4.78, 5) is 10.3. The normalized spacial score (nSPS) is 10.6. The van der Waals surface area contributed by atoms with Crippen molar-refractivity contribution in [3.8, 4) is 0 Å². The van der Waals surface area contributed by atoms with Crippen molar-refractivity contribution in [3.05, 3.63) is 74.5 Å². The Balaban J connectivity index is 1.86. The molecule has 0 amide bonds. The quantitative estimate of drug-likeness (QED) is 0.503. The highest BCUT2D eigenvalue weighted by atomic mass is 35.5. The number of nitro groups is 1. The molecule has 0 saturated heterocycles. The van der Waals surface area contributed by atoms with Crippen LogP contribution in [0, 0.1) is 15.9 Å². The fourth-order valence-electron chi connectivity index (χ4n) is 1.97. The molecule has 0 bridgehead atoms. The van der Waals surface area contributed by atoms with Gasteiger partial charge < -0.3 is 5.32 Å². The van der Waals surface area contributed by atoms with Crippen molar-refractivity contribution in [1.82, 2.24) is 5.32 Å². The van der Waals surface area contributed by atoms with Gasteiger partial charge in [0.25, 0.3) is 5.69 Å². The first-order chi connectivity index (χ1) is 10.1. The maximum Gasteiger partial charge on any atom is 0.288 e. The molecule has 4 nitrogen and oxygen atoms in total. The van der Waals surface area contributed by atoms with E-state index in [2.05, 4.69) is 5.32 Å². The summed E-state index contributed by atoms with van der Waals surface area (Å²) < 4.78 is 13.0. The predicted molar refractivity (Wildman–Crippen MR) is 79.9 cm³/mol. The number of nitrogens with one attached hydrogen (secondary N) is 1. The average molecular weight is 309 g/mol. The molecule has 0 unspecified atom stereocenters. The zero-order valence-corrected chi connectivity index (χ0v) is 11.9. The maximum atomic E-state index is 13.0. The summed E-state index contributed by atoms with van der Waals surface area (Å²) in [7, 11) is 0. The summed E-state index contributed by atoms with van der Waals surface area (Å²) in [5.41, 5.74) is 1.59. The second-order valence-electron chi connectivity index (χ2n) is 4.60. The molecule has 0 heterocycles. The van der Waals surface area contributed by atoms with Crippen LogP contribution in [-0.4, -0.2) is 11.5 Å². The van der Waals surface area contributed by atoms with Gasteiger partial charge in [-0.3, -0.25) is 10.1 Å². The number of halogens is 2. The van der Waals surface area contributed by atoms with Crippen molar-refractivity contribution in [1.29, 1.82) is 0 Å². The van der Waals surface area contributed by atoms with Crippen LogP contribution in [0.5, 0.6) is 0 Å². The standard InChI is InChI=1S/C15H14ClFN2O2/c16-14-5-4-12(9-15(14)19(20)21)10-18-7-6-11-2-1-3-13(17)8-11/h1-5,8-9,18H,6-7,10H2. The van der Waals surface area contributed by atoms with Crippen LogP contribution in [0.3, 0.4) is 0 Å². The number of hydrogen-bond donors (Lipinski definition) is 1. The molecule has 0 aliphatic carbocycles. The van der Waals surface area contributed by atoms with Gasteiger partial charge in [0.15, 0.2) is 0 Å². The summed E-state index contributed by atoms with van der Waals surface area (Å²) in [5.74, 6) is -0.249. The van der Waals surface area contributed by atoms with Gasteiger partial charge >= 0.3 is 0 Å². The first-order valence-electron chi connectivity index (χ1n) is 6.44. The SMILES string of the molecule is O=[N+]([O-])c1cc(CNCCc2cccc(F)c2)ccc1Cl. The molecule has 2 rings (SSSR count). The van der Waals surface area contributed by atoms with Crippen LogP contribution in [0.15, 0.2) is 42.5 Å². The Labute approximate surface area is 126 Å². The Hall–Kier alpha value is -1.98. The van der Waals surface area contributed by atoms with E-state index in [-0.39, 0.29) is 16.5 Å². The third-order valence-electron chi connectivity index (χ3n) is 3.02.